The molecule has 0 bridgehead atoms. The SMILES string of the molecule is CC(C)(C)N(c1ccccc1-c1ccc(NC(=O)N(c2cccc(C#N)c2)C2CCCCCC2)cc1)S(=O)O. The van der Waals surface area contributed by atoms with Crippen molar-refractivity contribution in [1.29, 1.82) is 5.26 Å². The summed E-state index contributed by atoms with van der Waals surface area (Å²) in [6.45, 7) is 5.68. The first-order chi connectivity index (χ1) is 18.7. The zero-order valence-electron chi connectivity index (χ0n) is 22.8. The van der Waals surface area contributed by atoms with Gasteiger partial charge in [0.25, 0.3) is 11.3 Å². The predicted octanol–water partition coefficient (Wildman–Crippen LogP) is 7.73. The van der Waals surface area contributed by atoms with Gasteiger partial charge in [-0.25, -0.2) is 9.00 Å². The molecule has 1 aliphatic carbocycles. The summed E-state index contributed by atoms with van der Waals surface area (Å²) in [4.78, 5) is 15.5. The standard InChI is InChI=1S/C31H36N4O3S/c1-31(2,3)35(39(37)38)29-16-9-8-15-28(29)24-17-19-25(20-18-24)33-30(36)34(26-12-6-4-5-7-13-26)27-14-10-11-23(21-27)22-32/h8-11,14-21,26H,4-7,12-13H2,1-3H3,(H,33,36)(H,37,38). The fraction of sp³-hybridized carbons (Fsp3) is 0.355. The van der Waals surface area contributed by atoms with Gasteiger partial charge >= 0.3 is 6.03 Å². The molecule has 0 radical (unpaired) electrons. The normalized spacial score (nSPS) is 15.1. The molecule has 2 N–H and O–H groups in total. The molecule has 39 heavy (non-hydrogen) atoms. The Morgan fingerprint density at radius 1 is 0.974 bits per heavy atom. The third-order valence-corrected chi connectivity index (χ3v) is 8.05. The summed E-state index contributed by atoms with van der Waals surface area (Å²) in [7, 11) is 0. The Kier molecular flexibility index (Phi) is 9.05. The number of carbonyl (C=O) groups is 1. The zero-order chi connectivity index (χ0) is 28.0. The topological polar surface area (TPSA) is 96.7 Å². The van der Waals surface area contributed by atoms with E-state index in [4.69, 9.17) is 0 Å². The number of hydrogen-bond donors (Lipinski definition) is 2. The molecule has 0 aromatic heterocycles. The van der Waals surface area contributed by atoms with E-state index in [-0.39, 0.29) is 12.1 Å². The summed E-state index contributed by atoms with van der Waals surface area (Å²) in [5.41, 5.74) is 3.66. The number of carbonyl (C=O) groups excluding carboxylic acids is 1. The van der Waals surface area contributed by atoms with Gasteiger partial charge in [-0.15, -0.1) is 0 Å². The van der Waals surface area contributed by atoms with Gasteiger partial charge in [-0.3, -0.25) is 13.8 Å². The van der Waals surface area contributed by atoms with E-state index < -0.39 is 16.8 Å². The van der Waals surface area contributed by atoms with E-state index in [0.717, 1.165) is 42.5 Å². The average Bonchev–Trinajstić information content (AvgIpc) is 3.18. The number of benzene rings is 3. The quantitative estimate of drug-likeness (QED) is 0.245. The lowest BCUT2D eigenvalue weighted by Gasteiger charge is -2.35. The molecule has 0 spiro atoms. The Balaban J connectivity index is 1.61. The first-order valence-electron chi connectivity index (χ1n) is 13.4. The molecule has 0 saturated heterocycles. The molecule has 0 heterocycles. The highest BCUT2D eigenvalue weighted by molar-refractivity contribution is 7.80. The highest BCUT2D eigenvalue weighted by atomic mass is 32.2. The molecule has 4 rings (SSSR count). The number of urea groups is 1. The van der Waals surface area contributed by atoms with Crippen LogP contribution in [0.3, 0.4) is 0 Å². The molecule has 1 fully saturated rings. The maximum Gasteiger partial charge on any atom is 0.326 e. The fourth-order valence-electron chi connectivity index (χ4n) is 5.23. The number of amides is 2. The monoisotopic (exact) mass is 544 g/mol. The van der Waals surface area contributed by atoms with Crippen molar-refractivity contribution in [3.63, 3.8) is 0 Å². The number of hydrogen-bond acceptors (Lipinski definition) is 3. The molecule has 0 aliphatic heterocycles. The van der Waals surface area contributed by atoms with Gasteiger partial charge in [-0.1, -0.05) is 62.1 Å². The average molecular weight is 545 g/mol. The number of anilines is 3. The number of rotatable bonds is 6. The van der Waals surface area contributed by atoms with Crippen molar-refractivity contribution < 1.29 is 13.6 Å². The van der Waals surface area contributed by atoms with Crippen molar-refractivity contribution in [1.82, 2.24) is 0 Å². The van der Waals surface area contributed by atoms with Crippen molar-refractivity contribution in [2.75, 3.05) is 14.5 Å². The van der Waals surface area contributed by atoms with Gasteiger partial charge in [0.15, 0.2) is 0 Å². The largest absolute Gasteiger partial charge is 0.326 e. The Labute approximate surface area is 233 Å². The molecule has 1 atom stereocenters. The number of nitrogens with one attached hydrogen (secondary N) is 1. The molecule has 204 valence electrons. The van der Waals surface area contributed by atoms with Gasteiger partial charge in [0.2, 0.25) is 0 Å². The van der Waals surface area contributed by atoms with Gasteiger partial charge in [0, 0.05) is 28.5 Å². The van der Waals surface area contributed by atoms with E-state index >= 15 is 0 Å². The molecule has 1 saturated carbocycles. The summed E-state index contributed by atoms with van der Waals surface area (Å²) < 4.78 is 23.8. The van der Waals surface area contributed by atoms with Crippen LogP contribution < -0.4 is 14.5 Å². The minimum Gasteiger partial charge on any atom is -0.308 e. The van der Waals surface area contributed by atoms with E-state index in [0.29, 0.717) is 16.9 Å². The van der Waals surface area contributed by atoms with Crippen molar-refractivity contribution in [3.8, 4) is 17.2 Å². The minimum atomic E-state index is -2.20. The third kappa shape index (κ3) is 6.86. The van der Waals surface area contributed by atoms with E-state index in [1.807, 2.05) is 86.3 Å². The first-order valence-corrected chi connectivity index (χ1v) is 14.5. The van der Waals surface area contributed by atoms with Gasteiger partial charge in [-0.05, 0) is 75.6 Å². The molecule has 3 aromatic rings. The highest BCUT2D eigenvalue weighted by Crippen LogP contribution is 2.36. The lowest BCUT2D eigenvalue weighted by molar-refractivity contribution is 0.254. The summed E-state index contributed by atoms with van der Waals surface area (Å²) in [6, 6.07) is 24.3. The van der Waals surface area contributed by atoms with Crippen LogP contribution in [-0.2, 0) is 11.3 Å². The van der Waals surface area contributed by atoms with E-state index in [9.17, 15) is 18.8 Å². The Bertz CT molecular complexity index is 1350. The van der Waals surface area contributed by atoms with Crippen LogP contribution in [0.5, 0.6) is 0 Å². The molecular weight excluding hydrogens is 508 g/mol. The lowest BCUT2D eigenvalue weighted by Crippen LogP contribution is -2.43. The smallest absolute Gasteiger partial charge is 0.308 e. The Morgan fingerprint density at radius 3 is 2.26 bits per heavy atom. The Hall–Kier alpha value is -3.67. The molecule has 2 amide bonds. The van der Waals surface area contributed by atoms with Crippen LogP contribution in [-0.4, -0.2) is 26.4 Å². The Morgan fingerprint density at radius 2 is 1.64 bits per heavy atom. The summed E-state index contributed by atoms with van der Waals surface area (Å²) in [5.74, 6) is 0. The van der Waals surface area contributed by atoms with Crippen LogP contribution in [0.25, 0.3) is 11.1 Å². The van der Waals surface area contributed by atoms with Gasteiger partial charge in [-0.2, -0.15) is 5.26 Å². The predicted molar refractivity (Wildman–Crippen MR) is 159 cm³/mol. The van der Waals surface area contributed by atoms with Crippen LogP contribution in [0.2, 0.25) is 0 Å². The number of nitriles is 1. The second kappa shape index (κ2) is 12.5. The van der Waals surface area contributed by atoms with Crippen LogP contribution >= 0.6 is 0 Å². The molecule has 7 nitrogen and oxygen atoms in total. The minimum absolute atomic E-state index is 0.0651. The molecule has 8 heteroatoms. The number of para-hydroxylation sites is 1. The van der Waals surface area contributed by atoms with Crippen LogP contribution in [0.1, 0.15) is 64.9 Å². The van der Waals surface area contributed by atoms with Crippen molar-refractivity contribution in [2.24, 2.45) is 0 Å². The van der Waals surface area contributed by atoms with Gasteiger partial charge in [0.1, 0.15) is 0 Å². The maximum atomic E-state index is 13.7. The van der Waals surface area contributed by atoms with Crippen LogP contribution in [0, 0.1) is 11.3 Å². The van der Waals surface area contributed by atoms with Crippen LogP contribution in [0.4, 0.5) is 21.9 Å². The summed E-state index contributed by atoms with van der Waals surface area (Å²) in [6.07, 6.45) is 6.34. The molecule has 1 unspecified atom stereocenters. The second-order valence-corrected chi connectivity index (χ2v) is 11.7. The first kappa shape index (κ1) is 28.3. The van der Waals surface area contributed by atoms with Crippen molar-refractivity contribution >= 4 is 34.4 Å². The molecule has 1 aliphatic rings. The maximum absolute atomic E-state index is 13.7. The van der Waals surface area contributed by atoms with E-state index in [2.05, 4.69) is 11.4 Å². The van der Waals surface area contributed by atoms with Crippen LogP contribution in [0.15, 0.2) is 72.8 Å². The molecule has 3 aromatic carbocycles. The van der Waals surface area contributed by atoms with Gasteiger partial charge in [0.05, 0.1) is 17.3 Å². The zero-order valence-corrected chi connectivity index (χ0v) is 23.6. The van der Waals surface area contributed by atoms with Crippen molar-refractivity contribution in [3.05, 3.63) is 78.4 Å². The lowest BCUT2D eigenvalue weighted by atomic mass is 10.0. The third-order valence-electron chi connectivity index (χ3n) is 7.00. The fourth-order valence-corrected chi connectivity index (χ4v) is 6.02. The van der Waals surface area contributed by atoms with Gasteiger partial charge < -0.3 is 5.32 Å². The number of nitrogens with zero attached hydrogens (tertiary/aromatic N) is 3. The van der Waals surface area contributed by atoms with Crippen molar-refractivity contribution in [2.45, 2.75) is 70.9 Å². The second-order valence-electron chi connectivity index (χ2n) is 10.9. The highest BCUT2D eigenvalue weighted by Gasteiger charge is 2.29. The molecular formula is C31H36N4O3S. The summed E-state index contributed by atoms with van der Waals surface area (Å²) >= 11 is -2.20. The van der Waals surface area contributed by atoms with E-state index in [1.165, 1.54) is 17.1 Å². The summed E-state index contributed by atoms with van der Waals surface area (Å²) in [5, 5.41) is 12.5. The van der Waals surface area contributed by atoms with E-state index in [1.54, 1.807) is 12.1 Å².